The van der Waals surface area contributed by atoms with Crippen LogP contribution in [0.4, 0.5) is 0 Å². The summed E-state index contributed by atoms with van der Waals surface area (Å²) in [6, 6.07) is 7.79. The molecule has 1 N–H and O–H groups in total. The highest BCUT2D eigenvalue weighted by Gasteiger charge is 2.20. The van der Waals surface area contributed by atoms with Crippen LogP contribution in [-0.2, 0) is 0 Å². The number of amides is 1. The maximum atomic E-state index is 12.4. The summed E-state index contributed by atoms with van der Waals surface area (Å²) in [6.45, 7) is 7.13. The molecule has 96 valence electrons. The zero-order valence-corrected chi connectivity index (χ0v) is 11.4. The Kier molecular flexibility index (Phi) is 3.16. The van der Waals surface area contributed by atoms with E-state index in [1.807, 2.05) is 37.5 Å². The van der Waals surface area contributed by atoms with E-state index < -0.39 is 0 Å². The van der Waals surface area contributed by atoms with Crippen molar-refractivity contribution < 1.29 is 4.79 Å². The van der Waals surface area contributed by atoms with Gasteiger partial charge in [0.1, 0.15) is 0 Å². The molecule has 2 aromatic rings. The molecule has 3 nitrogen and oxygen atoms in total. The van der Waals surface area contributed by atoms with Crippen LogP contribution in [-0.4, -0.2) is 29.4 Å². The molecule has 3 heteroatoms. The van der Waals surface area contributed by atoms with Gasteiger partial charge in [-0.2, -0.15) is 0 Å². The minimum absolute atomic E-state index is 0.0676. The zero-order valence-electron chi connectivity index (χ0n) is 11.4. The van der Waals surface area contributed by atoms with Crippen molar-refractivity contribution in [1.29, 1.82) is 0 Å². The first-order valence-corrected chi connectivity index (χ1v) is 6.20. The van der Waals surface area contributed by atoms with Gasteiger partial charge in [0, 0.05) is 25.2 Å². The molecular weight excluding hydrogens is 224 g/mol. The molecule has 18 heavy (non-hydrogen) atoms. The van der Waals surface area contributed by atoms with E-state index in [0.29, 0.717) is 0 Å². The molecule has 0 spiro atoms. The normalized spacial score (nSPS) is 11.8. The van der Waals surface area contributed by atoms with Gasteiger partial charge >= 0.3 is 0 Å². The smallest absolute Gasteiger partial charge is 0.255 e. The largest absolute Gasteiger partial charge is 0.361 e. The number of carbonyl (C=O) groups is 1. The number of rotatable bonds is 2. The van der Waals surface area contributed by atoms with Crippen molar-refractivity contribution in [3.8, 4) is 0 Å². The van der Waals surface area contributed by atoms with Crippen LogP contribution in [0.1, 0.15) is 31.1 Å². The van der Waals surface area contributed by atoms with E-state index in [-0.39, 0.29) is 11.3 Å². The number of hydrogen-bond acceptors (Lipinski definition) is 1. The number of para-hydroxylation sites is 1. The molecule has 1 amide bonds. The van der Waals surface area contributed by atoms with Gasteiger partial charge in [0.15, 0.2) is 0 Å². The monoisotopic (exact) mass is 244 g/mol. The zero-order chi connectivity index (χ0) is 13.3. The van der Waals surface area contributed by atoms with Gasteiger partial charge in [-0.1, -0.05) is 32.9 Å². The Bertz CT molecular complexity index is 563. The second-order valence-corrected chi connectivity index (χ2v) is 5.97. The minimum atomic E-state index is 0.0676. The van der Waals surface area contributed by atoms with Crippen LogP contribution < -0.4 is 0 Å². The summed E-state index contributed by atoms with van der Waals surface area (Å²) in [7, 11) is 1.86. The number of nitrogens with one attached hydrogen (secondary N) is 1. The van der Waals surface area contributed by atoms with Crippen molar-refractivity contribution in [2.45, 2.75) is 20.8 Å². The average Bonchev–Trinajstić information content (AvgIpc) is 2.73. The molecule has 0 atom stereocenters. The van der Waals surface area contributed by atoms with Crippen LogP contribution in [0.25, 0.3) is 10.9 Å². The fraction of sp³-hybridized carbons (Fsp3) is 0.400. The third-order valence-corrected chi connectivity index (χ3v) is 2.88. The quantitative estimate of drug-likeness (QED) is 0.864. The molecular formula is C15H20N2O. The Morgan fingerprint density at radius 3 is 2.67 bits per heavy atom. The van der Waals surface area contributed by atoms with E-state index in [4.69, 9.17) is 0 Å². The highest BCUT2D eigenvalue weighted by molar-refractivity contribution is 6.05. The second kappa shape index (κ2) is 4.48. The van der Waals surface area contributed by atoms with Crippen LogP contribution in [0.5, 0.6) is 0 Å². The van der Waals surface area contributed by atoms with Crippen LogP contribution in [0, 0.1) is 5.41 Å². The summed E-state index contributed by atoms with van der Waals surface area (Å²) in [5.41, 5.74) is 1.76. The Morgan fingerprint density at radius 1 is 1.28 bits per heavy atom. The summed E-state index contributed by atoms with van der Waals surface area (Å²) in [5.74, 6) is 0.0676. The number of fused-ring (bicyclic) bond motifs is 1. The van der Waals surface area contributed by atoms with Gasteiger partial charge in [0.05, 0.1) is 11.1 Å². The molecule has 0 aliphatic rings. The van der Waals surface area contributed by atoms with Gasteiger partial charge in [-0.05, 0) is 17.5 Å². The average molecular weight is 244 g/mol. The van der Waals surface area contributed by atoms with Crippen LogP contribution >= 0.6 is 0 Å². The Morgan fingerprint density at radius 2 is 2.00 bits per heavy atom. The number of aromatic amines is 1. The van der Waals surface area contributed by atoms with Gasteiger partial charge in [-0.3, -0.25) is 4.79 Å². The molecule has 1 aromatic heterocycles. The molecule has 2 rings (SSSR count). The summed E-state index contributed by atoms with van der Waals surface area (Å²) < 4.78 is 0. The standard InChI is InChI=1S/C15H20N2O/c1-15(2,3)10-17(4)14(18)12-7-5-6-11-8-9-16-13(11)12/h5-9,16H,10H2,1-4H3. The van der Waals surface area contributed by atoms with Gasteiger partial charge in [0.2, 0.25) is 0 Å². The van der Waals surface area contributed by atoms with E-state index in [0.717, 1.165) is 23.0 Å². The number of carbonyl (C=O) groups excluding carboxylic acids is 1. The highest BCUT2D eigenvalue weighted by Crippen LogP contribution is 2.20. The van der Waals surface area contributed by atoms with E-state index in [1.165, 1.54) is 0 Å². The predicted octanol–water partition coefficient (Wildman–Crippen LogP) is 3.29. The Hall–Kier alpha value is -1.77. The molecule has 0 bridgehead atoms. The second-order valence-electron chi connectivity index (χ2n) is 5.97. The maximum absolute atomic E-state index is 12.4. The molecule has 0 saturated carbocycles. The van der Waals surface area contributed by atoms with E-state index >= 15 is 0 Å². The lowest BCUT2D eigenvalue weighted by molar-refractivity contribution is 0.0747. The van der Waals surface area contributed by atoms with Gasteiger partial charge in [-0.15, -0.1) is 0 Å². The molecule has 1 heterocycles. The third-order valence-electron chi connectivity index (χ3n) is 2.88. The van der Waals surface area contributed by atoms with Crippen molar-refractivity contribution in [3.63, 3.8) is 0 Å². The Labute approximate surface area is 108 Å². The SMILES string of the molecule is CN(CC(C)(C)C)C(=O)c1cccc2cc[nH]c12. The van der Waals surface area contributed by atoms with Gasteiger partial charge in [0.25, 0.3) is 5.91 Å². The first kappa shape index (κ1) is 12.7. The van der Waals surface area contributed by atoms with E-state index in [1.54, 1.807) is 4.90 Å². The van der Waals surface area contributed by atoms with Gasteiger partial charge < -0.3 is 9.88 Å². The van der Waals surface area contributed by atoms with Crippen LogP contribution in [0.3, 0.4) is 0 Å². The summed E-state index contributed by atoms with van der Waals surface area (Å²) in [5, 5.41) is 1.07. The van der Waals surface area contributed by atoms with E-state index in [9.17, 15) is 4.79 Å². The van der Waals surface area contributed by atoms with Crippen molar-refractivity contribution >= 4 is 16.8 Å². The summed E-state index contributed by atoms with van der Waals surface area (Å²) in [6.07, 6.45) is 1.87. The third kappa shape index (κ3) is 2.55. The van der Waals surface area contributed by atoms with Crippen molar-refractivity contribution in [3.05, 3.63) is 36.0 Å². The lowest BCUT2D eigenvalue weighted by Crippen LogP contribution is -2.34. The fourth-order valence-corrected chi connectivity index (χ4v) is 2.25. The summed E-state index contributed by atoms with van der Waals surface area (Å²) in [4.78, 5) is 17.4. The lowest BCUT2D eigenvalue weighted by Gasteiger charge is -2.26. The molecule has 0 radical (unpaired) electrons. The highest BCUT2D eigenvalue weighted by atomic mass is 16.2. The Balaban J connectivity index is 2.31. The molecule has 0 aliphatic heterocycles. The fourth-order valence-electron chi connectivity index (χ4n) is 2.25. The predicted molar refractivity (Wildman–Crippen MR) is 74.7 cm³/mol. The molecule has 1 aromatic carbocycles. The minimum Gasteiger partial charge on any atom is -0.361 e. The van der Waals surface area contributed by atoms with Crippen LogP contribution in [0.15, 0.2) is 30.5 Å². The molecule has 0 unspecified atom stereocenters. The lowest BCUT2D eigenvalue weighted by atomic mass is 9.96. The number of H-pyrrole nitrogens is 1. The number of benzene rings is 1. The maximum Gasteiger partial charge on any atom is 0.255 e. The topological polar surface area (TPSA) is 36.1 Å². The number of hydrogen-bond donors (Lipinski definition) is 1. The number of nitrogens with zero attached hydrogens (tertiary/aromatic N) is 1. The van der Waals surface area contributed by atoms with E-state index in [2.05, 4.69) is 25.8 Å². The molecule has 0 saturated heterocycles. The number of aromatic nitrogens is 1. The molecule has 0 aliphatic carbocycles. The van der Waals surface area contributed by atoms with Gasteiger partial charge in [-0.25, -0.2) is 0 Å². The summed E-state index contributed by atoms with van der Waals surface area (Å²) >= 11 is 0. The van der Waals surface area contributed by atoms with Crippen molar-refractivity contribution in [2.75, 3.05) is 13.6 Å². The van der Waals surface area contributed by atoms with Crippen molar-refractivity contribution in [2.24, 2.45) is 5.41 Å². The first-order chi connectivity index (χ1) is 8.38. The first-order valence-electron chi connectivity index (χ1n) is 6.20. The molecule has 0 fully saturated rings. The van der Waals surface area contributed by atoms with Crippen molar-refractivity contribution in [1.82, 2.24) is 9.88 Å². The van der Waals surface area contributed by atoms with Crippen LogP contribution in [0.2, 0.25) is 0 Å².